The second kappa shape index (κ2) is 7.71. The van der Waals surface area contributed by atoms with E-state index in [9.17, 15) is 12.8 Å². The number of methoxy groups -OCH3 is 1. The van der Waals surface area contributed by atoms with Gasteiger partial charge in [0, 0.05) is 11.8 Å². The van der Waals surface area contributed by atoms with Gasteiger partial charge in [0.2, 0.25) is 5.09 Å². The number of furan rings is 1. The van der Waals surface area contributed by atoms with E-state index in [1.54, 1.807) is 12.3 Å². The van der Waals surface area contributed by atoms with Crippen LogP contribution in [-0.4, -0.2) is 27.1 Å². The lowest BCUT2D eigenvalue weighted by Gasteiger charge is -2.17. The minimum Gasteiger partial charge on any atom is -0.495 e. The Bertz CT molecular complexity index is 1200. The van der Waals surface area contributed by atoms with Crippen LogP contribution in [0.5, 0.6) is 5.75 Å². The Hall–Kier alpha value is -3.54. The molecule has 9 nitrogen and oxygen atoms in total. The number of pyridine rings is 1. The number of rotatable bonds is 6. The highest BCUT2D eigenvalue weighted by Gasteiger charge is 2.29. The van der Waals surface area contributed by atoms with Gasteiger partial charge in [0.05, 0.1) is 31.8 Å². The molecule has 1 unspecified atom stereocenters. The highest BCUT2D eigenvalue weighted by Crippen LogP contribution is 2.36. The maximum atomic E-state index is 15.0. The molecule has 156 valence electrons. The molecule has 12 heteroatoms. The molecule has 1 aromatic carbocycles. The molecule has 0 fully saturated rings. The zero-order valence-corrected chi connectivity index (χ0v) is 16.3. The van der Waals surface area contributed by atoms with Gasteiger partial charge in [-0.05, 0) is 30.3 Å². The minimum absolute atomic E-state index is 0.0249. The number of anilines is 2. The van der Waals surface area contributed by atoms with E-state index < -0.39 is 44.2 Å². The van der Waals surface area contributed by atoms with Crippen LogP contribution in [0.25, 0.3) is 0 Å². The first-order chi connectivity index (χ1) is 14.4. The molecule has 0 spiro atoms. The van der Waals surface area contributed by atoms with Crippen LogP contribution >= 0.6 is 0 Å². The number of nitrogens with zero attached hydrogens (tertiary/aromatic N) is 4. The van der Waals surface area contributed by atoms with Crippen molar-refractivity contribution >= 4 is 21.4 Å². The fourth-order valence-corrected chi connectivity index (χ4v) is 3.85. The van der Waals surface area contributed by atoms with Gasteiger partial charge in [0.15, 0.2) is 11.6 Å². The third-order valence-corrected chi connectivity index (χ3v) is 5.58. The summed E-state index contributed by atoms with van der Waals surface area (Å²) in [7, 11) is -2.69. The molecule has 30 heavy (non-hydrogen) atoms. The summed E-state index contributed by atoms with van der Waals surface area (Å²) < 4.78 is 66.0. The fraction of sp³-hybridized carbons (Fsp3) is 0.167. The van der Waals surface area contributed by atoms with E-state index >= 15 is 4.39 Å². The number of ether oxygens (including phenoxy) is 1. The first-order valence-corrected chi connectivity index (χ1v) is 10.1. The van der Waals surface area contributed by atoms with E-state index in [4.69, 9.17) is 9.15 Å². The van der Waals surface area contributed by atoms with Crippen molar-refractivity contribution in [2.24, 2.45) is 10.3 Å². The summed E-state index contributed by atoms with van der Waals surface area (Å²) in [6, 6.07) is 5.65. The van der Waals surface area contributed by atoms with Crippen molar-refractivity contribution in [3.8, 4) is 5.75 Å². The smallest absolute Gasteiger partial charge is 0.295 e. The van der Waals surface area contributed by atoms with Crippen molar-refractivity contribution in [1.82, 2.24) is 4.98 Å². The molecule has 1 atom stereocenters. The first kappa shape index (κ1) is 19.8. The van der Waals surface area contributed by atoms with E-state index in [2.05, 4.69) is 15.3 Å². The summed E-state index contributed by atoms with van der Waals surface area (Å²) in [5, 5.41) is 8.50. The Morgan fingerprint density at radius 2 is 2.10 bits per heavy atom. The molecule has 0 saturated carbocycles. The van der Waals surface area contributed by atoms with Crippen LogP contribution in [0, 0.1) is 11.6 Å². The predicted molar refractivity (Wildman–Crippen MR) is 102 cm³/mol. The highest BCUT2D eigenvalue weighted by molar-refractivity contribution is 7.92. The first-order valence-electron chi connectivity index (χ1n) is 8.60. The third kappa shape index (κ3) is 3.68. The molecule has 0 aliphatic carbocycles. The lowest BCUT2D eigenvalue weighted by Crippen LogP contribution is -2.20. The van der Waals surface area contributed by atoms with Gasteiger partial charge in [-0.2, -0.15) is 13.5 Å². The Kier molecular flexibility index (Phi) is 5.08. The Labute approximate surface area is 170 Å². The molecule has 0 saturated heterocycles. The lowest BCUT2D eigenvalue weighted by atomic mass is 10.1. The average Bonchev–Trinajstić information content (AvgIpc) is 3.43. The second-order valence-electron chi connectivity index (χ2n) is 6.26. The molecule has 3 heterocycles. The third-order valence-electron chi connectivity index (χ3n) is 4.33. The van der Waals surface area contributed by atoms with Crippen molar-refractivity contribution in [3.05, 3.63) is 66.2 Å². The summed E-state index contributed by atoms with van der Waals surface area (Å²) in [5.41, 5.74) is -0.336. The summed E-state index contributed by atoms with van der Waals surface area (Å²) in [6.07, 6.45) is 4.23. The molecule has 3 aromatic rings. The summed E-state index contributed by atoms with van der Waals surface area (Å²) in [6.45, 7) is 0.0249. The Morgan fingerprint density at radius 1 is 1.27 bits per heavy atom. The minimum atomic E-state index is -4.18. The average molecular weight is 435 g/mol. The van der Waals surface area contributed by atoms with Crippen molar-refractivity contribution < 1.29 is 26.4 Å². The van der Waals surface area contributed by atoms with Crippen molar-refractivity contribution in [3.63, 3.8) is 0 Å². The van der Waals surface area contributed by atoms with Gasteiger partial charge < -0.3 is 9.15 Å². The lowest BCUT2D eigenvalue weighted by molar-refractivity contribution is 0.412. The molecule has 1 aliphatic heterocycles. The normalized spacial score (nSPS) is 16.1. The Morgan fingerprint density at radius 3 is 2.83 bits per heavy atom. The number of nitrogens with one attached hydrogen (secondary N) is 1. The van der Waals surface area contributed by atoms with Crippen LogP contribution in [0.1, 0.15) is 11.6 Å². The zero-order valence-electron chi connectivity index (χ0n) is 15.5. The number of halogens is 2. The number of hydrogen-bond donors (Lipinski definition) is 1. The molecular formula is C18H15F2N5O4S. The standard InChI is InChI=1S/C18H15F2N5O4S/c1-28-12-7-11(8-21-9-12)15-10-25(24-22-15)18-13(19)4-5-14(17(18)20)23-30(26,27)16-3-2-6-29-16/h2-9,15,23H,10H2,1H3. The quantitative estimate of drug-likeness (QED) is 0.632. The van der Waals surface area contributed by atoms with Gasteiger partial charge >= 0.3 is 0 Å². The number of aromatic nitrogens is 1. The van der Waals surface area contributed by atoms with E-state index in [0.29, 0.717) is 11.3 Å². The van der Waals surface area contributed by atoms with Crippen LogP contribution < -0.4 is 14.5 Å². The Balaban J connectivity index is 1.61. The SMILES string of the molecule is COc1cncc(C2CN(c3c(F)ccc(NS(=O)(=O)c4ccco4)c3F)N=N2)c1. The zero-order chi connectivity index (χ0) is 21.3. The van der Waals surface area contributed by atoms with Gasteiger partial charge in [-0.25, -0.2) is 13.8 Å². The molecular weight excluding hydrogens is 420 g/mol. The summed E-state index contributed by atoms with van der Waals surface area (Å²) in [4.78, 5) is 4.03. The van der Waals surface area contributed by atoms with Crippen LogP contribution in [0.4, 0.5) is 20.2 Å². The number of benzene rings is 1. The molecule has 1 aliphatic rings. The van der Waals surface area contributed by atoms with Gasteiger partial charge in [0.1, 0.15) is 17.5 Å². The maximum Gasteiger partial charge on any atom is 0.295 e. The molecule has 2 aromatic heterocycles. The van der Waals surface area contributed by atoms with Gasteiger partial charge in [-0.1, -0.05) is 5.22 Å². The van der Waals surface area contributed by atoms with Gasteiger partial charge in [0.25, 0.3) is 10.0 Å². The van der Waals surface area contributed by atoms with Gasteiger partial charge in [-0.15, -0.1) is 0 Å². The van der Waals surface area contributed by atoms with Crippen LogP contribution in [0.3, 0.4) is 0 Å². The van der Waals surface area contributed by atoms with Crippen LogP contribution in [-0.2, 0) is 10.0 Å². The van der Waals surface area contributed by atoms with Crippen molar-refractivity contribution in [2.45, 2.75) is 11.1 Å². The van der Waals surface area contributed by atoms with E-state index in [0.717, 1.165) is 17.1 Å². The molecule has 0 radical (unpaired) electrons. The topological polar surface area (TPSA) is 109 Å². The summed E-state index contributed by atoms with van der Waals surface area (Å²) >= 11 is 0. The number of sulfonamides is 1. The predicted octanol–water partition coefficient (Wildman–Crippen LogP) is 3.69. The van der Waals surface area contributed by atoms with E-state index in [-0.39, 0.29) is 6.54 Å². The van der Waals surface area contributed by atoms with E-state index in [1.807, 2.05) is 4.72 Å². The van der Waals surface area contributed by atoms with Gasteiger partial charge in [-0.3, -0.25) is 9.71 Å². The largest absolute Gasteiger partial charge is 0.495 e. The molecule has 0 bridgehead atoms. The maximum absolute atomic E-state index is 15.0. The van der Waals surface area contributed by atoms with Crippen LogP contribution in [0.2, 0.25) is 0 Å². The monoisotopic (exact) mass is 435 g/mol. The van der Waals surface area contributed by atoms with Crippen molar-refractivity contribution in [2.75, 3.05) is 23.4 Å². The van der Waals surface area contributed by atoms with E-state index in [1.165, 1.54) is 31.7 Å². The molecule has 0 amide bonds. The summed E-state index contributed by atoms with van der Waals surface area (Å²) in [5.74, 6) is -1.54. The fourth-order valence-electron chi connectivity index (χ4n) is 2.87. The molecule has 4 rings (SSSR count). The van der Waals surface area contributed by atoms with Crippen LogP contribution in [0.15, 0.2) is 68.8 Å². The van der Waals surface area contributed by atoms with Crippen molar-refractivity contribution in [1.29, 1.82) is 0 Å². The second-order valence-corrected chi connectivity index (χ2v) is 7.87. The molecule has 1 N–H and O–H groups in total. The number of hydrogen-bond acceptors (Lipinski definition) is 8. The highest BCUT2D eigenvalue weighted by atomic mass is 32.2.